The van der Waals surface area contributed by atoms with E-state index in [9.17, 15) is 9.59 Å². The third-order valence-electron chi connectivity index (χ3n) is 4.17. The van der Waals surface area contributed by atoms with Gasteiger partial charge in [0, 0.05) is 15.8 Å². The molecule has 0 aliphatic heterocycles. The lowest BCUT2D eigenvalue weighted by Crippen LogP contribution is -2.19. The van der Waals surface area contributed by atoms with E-state index in [4.69, 9.17) is 9.47 Å². The Bertz CT molecular complexity index is 953. The number of rotatable bonds is 5. The molecule has 0 spiro atoms. The third-order valence-corrected chi connectivity index (χ3v) is 4.70. The zero-order valence-corrected chi connectivity index (χ0v) is 17.0. The highest BCUT2D eigenvalue weighted by Gasteiger charge is 2.26. The predicted molar refractivity (Wildman–Crippen MR) is 112 cm³/mol. The molecule has 0 saturated heterocycles. The van der Waals surface area contributed by atoms with Gasteiger partial charge < -0.3 is 14.4 Å². The van der Waals surface area contributed by atoms with E-state index in [1.165, 1.54) is 14.2 Å². The molecule has 0 amide bonds. The largest absolute Gasteiger partial charge is 0.465 e. The molecule has 0 saturated carbocycles. The standard InChI is InChI=1S/C22H18BrNO4/c1-27-21(25)18-9-6-10-19(22(26)28-2)20(18)24(16-7-4-3-5-8-16)17-13-11-15(23)12-14-17/h3-14H,1-2H3. The summed E-state index contributed by atoms with van der Waals surface area (Å²) >= 11 is 3.44. The van der Waals surface area contributed by atoms with E-state index < -0.39 is 11.9 Å². The Labute approximate surface area is 171 Å². The molecule has 0 radical (unpaired) electrons. The Hall–Kier alpha value is -3.12. The van der Waals surface area contributed by atoms with Crippen molar-refractivity contribution in [2.24, 2.45) is 0 Å². The number of esters is 2. The van der Waals surface area contributed by atoms with E-state index in [2.05, 4.69) is 15.9 Å². The summed E-state index contributed by atoms with van der Waals surface area (Å²) in [5.41, 5.74) is 2.48. The first-order valence-corrected chi connectivity index (χ1v) is 9.26. The minimum absolute atomic E-state index is 0.261. The summed E-state index contributed by atoms with van der Waals surface area (Å²) in [5.74, 6) is -1.09. The molecule has 0 heterocycles. The molecule has 0 unspecified atom stereocenters. The minimum Gasteiger partial charge on any atom is -0.465 e. The normalized spacial score (nSPS) is 10.2. The summed E-state index contributed by atoms with van der Waals surface area (Å²) in [7, 11) is 2.62. The molecule has 142 valence electrons. The Morgan fingerprint density at radius 3 is 1.71 bits per heavy atom. The van der Waals surface area contributed by atoms with Crippen molar-refractivity contribution in [2.75, 3.05) is 19.1 Å². The quantitative estimate of drug-likeness (QED) is 0.491. The third kappa shape index (κ3) is 3.92. The number of hydrogen-bond acceptors (Lipinski definition) is 5. The van der Waals surface area contributed by atoms with Crippen LogP contribution < -0.4 is 4.90 Å². The van der Waals surface area contributed by atoms with Crippen LogP contribution in [-0.4, -0.2) is 26.2 Å². The number of ether oxygens (including phenoxy) is 2. The van der Waals surface area contributed by atoms with Gasteiger partial charge in [-0.3, -0.25) is 0 Å². The number of methoxy groups -OCH3 is 2. The van der Waals surface area contributed by atoms with Crippen molar-refractivity contribution in [3.63, 3.8) is 0 Å². The molecule has 0 atom stereocenters. The fourth-order valence-corrected chi connectivity index (χ4v) is 3.17. The van der Waals surface area contributed by atoms with Crippen LogP contribution in [0.25, 0.3) is 0 Å². The van der Waals surface area contributed by atoms with E-state index in [1.54, 1.807) is 18.2 Å². The molecular formula is C22H18BrNO4. The summed E-state index contributed by atoms with van der Waals surface area (Å²) in [6.07, 6.45) is 0. The fraction of sp³-hybridized carbons (Fsp3) is 0.0909. The van der Waals surface area contributed by atoms with E-state index in [0.717, 1.165) is 15.8 Å². The summed E-state index contributed by atoms with van der Waals surface area (Å²) in [4.78, 5) is 26.9. The maximum atomic E-state index is 12.5. The Kier molecular flexibility index (Phi) is 6.11. The highest BCUT2D eigenvalue weighted by molar-refractivity contribution is 9.10. The van der Waals surface area contributed by atoms with Gasteiger partial charge in [-0.25, -0.2) is 9.59 Å². The molecule has 0 aromatic heterocycles. The number of carbonyl (C=O) groups is 2. The van der Waals surface area contributed by atoms with Gasteiger partial charge in [0.2, 0.25) is 0 Å². The number of carbonyl (C=O) groups excluding carboxylic acids is 2. The molecule has 3 aromatic carbocycles. The molecule has 28 heavy (non-hydrogen) atoms. The van der Waals surface area contributed by atoms with Crippen molar-refractivity contribution in [2.45, 2.75) is 0 Å². The molecule has 0 bridgehead atoms. The second-order valence-corrected chi connectivity index (χ2v) is 6.75. The van der Waals surface area contributed by atoms with Crippen molar-refractivity contribution in [3.8, 4) is 0 Å². The SMILES string of the molecule is COC(=O)c1cccc(C(=O)OC)c1N(c1ccccc1)c1ccc(Br)cc1. The van der Waals surface area contributed by atoms with Crippen molar-refractivity contribution < 1.29 is 19.1 Å². The lowest BCUT2D eigenvalue weighted by Gasteiger charge is -2.28. The van der Waals surface area contributed by atoms with Crippen LogP contribution in [0.5, 0.6) is 0 Å². The second-order valence-electron chi connectivity index (χ2n) is 5.83. The van der Waals surface area contributed by atoms with Gasteiger partial charge in [0.25, 0.3) is 0 Å². The number of hydrogen-bond donors (Lipinski definition) is 0. The highest BCUT2D eigenvalue weighted by Crippen LogP contribution is 2.39. The van der Waals surface area contributed by atoms with E-state index in [0.29, 0.717) is 5.69 Å². The van der Waals surface area contributed by atoms with Gasteiger partial charge in [0.15, 0.2) is 0 Å². The minimum atomic E-state index is -0.543. The molecule has 0 fully saturated rings. The molecular weight excluding hydrogens is 422 g/mol. The monoisotopic (exact) mass is 439 g/mol. The first kappa shape index (κ1) is 19.6. The summed E-state index contributed by atoms with van der Waals surface area (Å²) < 4.78 is 10.8. The van der Waals surface area contributed by atoms with Gasteiger partial charge in [-0.05, 0) is 48.5 Å². The summed E-state index contributed by atoms with van der Waals surface area (Å²) in [6, 6.07) is 21.9. The zero-order valence-electron chi connectivity index (χ0n) is 15.4. The molecule has 3 aromatic rings. The van der Waals surface area contributed by atoms with E-state index >= 15 is 0 Å². The lowest BCUT2D eigenvalue weighted by molar-refractivity contribution is 0.0601. The number of para-hydroxylation sites is 2. The molecule has 0 aliphatic rings. The summed E-state index contributed by atoms with van der Waals surface area (Å²) in [6.45, 7) is 0. The predicted octanol–water partition coefficient (Wildman–Crippen LogP) is 5.49. The maximum absolute atomic E-state index is 12.5. The molecule has 3 rings (SSSR count). The topological polar surface area (TPSA) is 55.8 Å². The van der Waals surface area contributed by atoms with Crippen LogP contribution >= 0.6 is 15.9 Å². The molecule has 5 nitrogen and oxygen atoms in total. The van der Waals surface area contributed by atoms with Gasteiger partial charge in [-0.1, -0.05) is 40.2 Å². The fourth-order valence-electron chi connectivity index (χ4n) is 2.91. The molecule has 0 N–H and O–H groups in total. The average molecular weight is 440 g/mol. The molecule has 6 heteroatoms. The summed E-state index contributed by atoms with van der Waals surface area (Å²) in [5, 5.41) is 0. The Balaban J connectivity index is 2.34. The van der Waals surface area contributed by atoms with Crippen LogP contribution in [0.1, 0.15) is 20.7 Å². The smallest absolute Gasteiger partial charge is 0.340 e. The first-order chi connectivity index (χ1) is 13.6. The van der Waals surface area contributed by atoms with Gasteiger partial charge in [0.05, 0.1) is 31.0 Å². The van der Waals surface area contributed by atoms with Crippen molar-refractivity contribution in [3.05, 3.63) is 88.4 Å². The maximum Gasteiger partial charge on any atom is 0.340 e. The highest BCUT2D eigenvalue weighted by atomic mass is 79.9. The van der Waals surface area contributed by atoms with Crippen molar-refractivity contribution >= 4 is 44.9 Å². The van der Waals surface area contributed by atoms with Crippen molar-refractivity contribution in [1.82, 2.24) is 0 Å². The Morgan fingerprint density at radius 1 is 0.714 bits per heavy atom. The molecule has 0 aliphatic carbocycles. The van der Waals surface area contributed by atoms with Gasteiger partial charge in [0.1, 0.15) is 0 Å². The second kappa shape index (κ2) is 8.71. The zero-order chi connectivity index (χ0) is 20.1. The van der Waals surface area contributed by atoms with E-state index in [-0.39, 0.29) is 11.1 Å². The Morgan fingerprint density at radius 2 is 1.21 bits per heavy atom. The van der Waals surface area contributed by atoms with Gasteiger partial charge >= 0.3 is 11.9 Å². The van der Waals surface area contributed by atoms with Crippen LogP contribution in [0.15, 0.2) is 77.3 Å². The number of halogens is 1. The van der Waals surface area contributed by atoms with E-state index in [1.807, 2.05) is 59.5 Å². The number of benzene rings is 3. The van der Waals surface area contributed by atoms with Gasteiger partial charge in [-0.15, -0.1) is 0 Å². The van der Waals surface area contributed by atoms with Crippen molar-refractivity contribution in [1.29, 1.82) is 0 Å². The van der Waals surface area contributed by atoms with Crippen LogP contribution in [-0.2, 0) is 9.47 Å². The number of nitrogens with zero attached hydrogens (tertiary/aromatic N) is 1. The van der Waals surface area contributed by atoms with Crippen LogP contribution in [0.2, 0.25) is 0 Å². The average Bonchev–Trinajstić information content (AvgIpc) is 2.75. The van der Waals surface area contributed by atoms with Crippen LogP contribution in [0.4, 0.5) is 17.1 Å². The van der Waals surface area contributed by atoms with Crippen LogP contribution in [0, 0.1) is 0 Å². The lowest BCUT2D eigenvalue weighted by atomic mass is 10.0. The number of anilines is 3. The van der Waals surface area contributed by atoms with Crippen LogP contribution in [0.3, 0.4) is 0 Å². The van der Waals surface area contributed by atoms with Gasteiger partial charge in [-0.2, -0.15) is 0 Å². The first-order valence-electron chi connectivity index (χ1n) is 8.47.